The predicted octanol–water partition coefficient (Wildman–Crippen LogP) is 3.28. The molecule has 0 spiro atoms. The fraction of sp³-hybridized carbons (Fsp3) is 1.00. The molecule has 3 rings (SSSR count). The molecular formula is C17H32N2. The van der Waals surface area contributed by atoms with E-state index in [9.17, 15) is 0 Å². The van der Waals surface area contributed by atoms with Gasteiger partial charge in [0.25, 0.3) is 0 Å². The molecule has 2 unspecified atom stereocenters. The number of nitrogens with one attached hydrogen (secondary N) is 1. The van der Waals surface area contributed by atoms with E-state index in [0.29, 0.717) is 5.54 Å². The zero-order chi connectivity index (χ0) is 13.5. The van der Waals surface area contributed by atoms with Crippen LogP contribution in [0.25, 0.3) is 0 Å². The molecular weight excluding hydrogens is 232 g/mol. The van der Waals surface area contributed by atoms with E-state index in [1.165, 1.54) is 58.2 Å². The van der Waals surface area contributed by atoms with E-state index in [1.807, 2.05) is 0 Å². The highest BCUT2D eigenvalue weighted by atomic mass is 15.3. The Kier molecular flexibility index (Phi) is 3.92. The average Bonchev–Trinajstić information content (AvgIpc) is 3.23. The number of nitrogens with zero attached hydrogens (tertiary/aromatic N) is 1. The van der Waals surface area contributed by atoms with Crippen molar-refractivity contribution in [3.8, 4) is 0 Å². The zero-order valence-electron chi connectivity index (χ0n) is 13.1. The Labute approximate surface area is 119 Å². The fourth-order valence-corrected chi connectivity index (χ4v) is 3.92. The average molecular weight is 264 g/mol. The molecule has 0 aromatic rings. The molecule has 3 aliphatic rings. The molecule has 110 valence electrons. The molecule has 1 aliphatic heterocycles. The first kappa shape index (κ1) is 13.9. The smallest absolute Gasteiger partial charge is 0.0334 e. The summed E-state index contributed by atoms with van der Waals surface area (Å²) < 4.78 is 0. The maximum absolute atomic E-state index is 3.88. The fourth-order valence-electron chi connectivity index (χ4n) is 3.92. The first-order valence-electron chi connectivity index (χ1n) is 8.58. The lowest BCUT2D eigenvalue weighted by Crippen LogP contribution is -2.65. The van der Waals surface area contributed by atoms with Gasteiger partial charge in [-0.25, -0.2) is 0 Å². The third-order valence-corrected chi connectivity index (χ3v) is 5.72. The molecule has 2 saturated carbocycles. The molecule has 2 nitrogen and oxygen atoms in total. The van der Waals surface area contributed by atoms with E-state index in [2.05, 4.69) is 31.0 Å². The number of piperazine rings is 1. The second kappa shape index (κ2) is 5.37. The summed E-state index contributed by atoms with van der Waals surface area (Å²) in [7, 11) is 0. The molecule has 0 aromatic heterocycles. The van der Waals surface area contributed by atoms with Crippen LogP contribution in [0.1, 0.15) is 59.3 Å². The third kappa shape index (κ3) is 3.16. The van der Waals surface area contributed by atoms with Gasteiger partial charge in [0, 0.05) is 24.7 Å². The van der Waals surface area contributed by atoms with Gasteiger partial charge in [-0.05, 0) is 69.7 Å². The van der Waals surface area contributed by atoms with Crippen LogP contribution in [0.15, 0.2) is 0 Å². The van der Waals surface area contributed by atoms with E-state index in [0.717, 1.165) is 23.8 Å². The summed E-state index contributed by atoms with van der Waals surface area (Å²) in [5, 5.41) is 3.88. The van der Waals surface area contributed by atoms with E-state index >= 15 is 0 Å². The molecule has 0 amide bonds. The van der Waals surface area contributed by atoms with Crippen LogP contribution >= 0.6 is 0 Å². The predicted molar refractivity (Wildman–Crippen MR) is 81.3 cm³/mol. The summed E-state index contributed by atoms with van der Waals surface area (Å²) in [4.78, 5) is 2.87. The van der Waals surface area contributed by atoms with E-state index in [4.69, 9.17) is 0 Å². The minimum atomic E-state index is 0.461. The minimum absolute atomic E-state index is 0.461. The van der Waals surface area contributed by atoms with Crippen LogP contribution in [0.4, 0.5) is 0 Å². The topological polar surface area (TPSA) is 15.3 Å². The van der Waals surface area contributed by atoms with Crippen molar-refractivity contribution in [2.75, 3.05) is 19.6 Å². The van der Waals surface area contributed by atoms with Crippen molar-refractivity contribution in [3.63, 3.8) is 0 Å². The Morgan fingerprint density at radius 2 is 1.95 bits per heavy atom. The van der Waals surface area contributed by atoms with E-state index < -0.39 is 0 Å². The molecule has 1 N–H and O–H groups in total. The lowest BCUT2D eigenvalue weighted by Gasteiger charge is -2.49. The van der Waals surface area contributed by atoms with Crippen LogP contribution in [0, 0.1) is 17.8 Å². The van der Waals surface area contributed by atoms with Gasteiger partial charge in [0.1, 0.15) is 0 Å². The van der Waals surface area contributed by atoms with E-state index in [1.54, 1.807) is 0 Å². The first-order chi connectivity index (χ1) is 9.09. The molecule has 2 aliphatic carbocycles. The van der Waals surface area contributed by atoms with Crippen molar-refractivity contribution in [2.24, 2.45) is 17.8 Å². The van der Waals surface area contributed by atoms with Gasteiger partial charge in [-0.3, -0.25) is 4.90 Å². The Balaban J connectivity index is 1.59. The molecule has 2 heteroatoms. The second-order valence-electron chi connectivity index (χ2n) is 7.94. The Morgan fingerprint density at radius 1 is 1.21 bits per heavy atom. The maximum Gasteiger partial charge on any atom is 0.0334 e. The standard InChI is InChI=1S/C17H32N2/c1-13(2)5-4-10-19-11-16(14-6-7-14)18-12-17(19,3)15-8-9-15/h13-16,18H,4-12H2,1-3H3. The highest BCUT2D eigenvalue weighted by Gasteiger charge is 2.49. The van der Waals surface area contributed by atoms with Gasteiger partial charge in [-0.2, -0.15) is 0 Å². The van der Waals surface area contributed by atoms with Crippen molar-refractivity contribution in [1.29, 1.82) is 0 Å². The van der Waals surface area contributed by atoms with Crippen LogP contribution in [0.2, 0.25) is 0 Å². The van der Waals surface area contributed by atoms with Gasteiger partial charge in [-0.1, -0.05) is 13.8 Å². The van der Waals surface area contributed by atoms with Gasteiger partial charge >= 0.3 is 0 Å². The summed E-state index contributed by atoms with van der Waals surface area (Å²) >= 11 is 0. The summed E-state index contributed by atoms with van der Waals surface area (Å²) in [6.07, 6.45) is 8.64. The van der Waals surface area contributed by atoms with Crippen molar-refractivity contribution >= 4 is 0 Å². The Morgan fingerprint density at radius 3 is 2.53 bits per heavy atom. The van der Waals surface area contributed by atoms with Crippen LogP contribution < -0.4 is 5.32 Å². The van der Waals surface area contributed by atoms with E-state index in [-0.39, 0.29) is 0 Å². The Hall–Kier alpha value is -0.0800. The Bertz CT molecular complexity index is 306. The van der Waals surface area contributed by atoms with Crippen LogP contribution in [0.3, 0.4) is 0 Å². The highest BCUT2D eigenvalue weighted by Crippen LogP contribution is 2.45. The van der Waals surface area contributed by atoms with Gasteiger partial charge in [0.05, 0.1) is 0 Å². The highest BCUT2D eigenvalue weighted by molar-refractivity contribution is 5.06. The van der Waals surface area contributed by atoms with Gasteiger partial charge in [0.2, 0.25) is 0 Å². The molecule has 1 heterocycles. The molecule has 3 fully saturated rings. The van der Waals surface area contributed by atoms with Crippen LogP contribution in [-0.2, 0) is 0 Å². The molecule has 0 aromatic carbocycles. The number of hydrogen-bond donors (Lipinski definition) is 1. The van der Waals surface area contributed by atoms with Crippen LogP contribution in [0.5, 0.6) is 0 Å². The first-order valence-corrected chi connectivity index (χ1v) is 8.58. The largest absolute Gasteiger partial charge is 0.311 e. The summed E-state index contributed by atoms with van der Waals surface area (Å²) in [5.41, 5.74) is 0.461. The van der Waals surface area contributed by atoms with Crippen molar-refractivity contribution in [2.45, 2.75) is 70.9 Å². The van der Waals surface area contributed by atoms with Crippen molar-refractivity contribution in [1.82, 2.24) is 10.2 Å². The summed E-state index contributed by atoms with van der Waals surface area (Å²) in [6, 6.07) is 0.797. The minimum Gasteiger partial charge on any atom is -0.311 e. The maximum atomic E-state index is 3.88. The van der Waals surface area contributed by atoms with Gasteiger partial charge in [0.15, 0.2) is 0 Å². The molecule has 1 saturated heterocycles. The molecule has 0 radical (unpaired) electrons. The van der Waals surface area contributed by atoms with Crippen LogP contribution in [-0.4, -0.2) is 36.1 Å². The zero-order valence-corrected chi connectivity index (χ0v) is 13.1. The quantitative estimate of drug-likeness (QED) is 0.792. The number of hydrogen-bond acceptors (Lipinski definition) is 2. The number of rotatable bonds is 6. The van der Waals surface area contributed by atoms with Gasteiger partial charge in [-0.15, -0.1) is 0 Å². The second-order valence-corrected chi connectivity index (χ2v) is 7.94. The molecule has 0 bridgehead atoms. The molecule has 2 atom stereocenters. The summed E-state index contributed by atoms with van der Waals surface area (Å²) in [6.45, 7) is 11.1. The SMILES string of the molecule is CC(C)CCCN1CC(C2CC2)NCC1(C)C1CC1. The molecule has 19 heavy (non-hydrogen) atoms. The monoisotopic (exact) mass is 264 g/mol. The van der Waals surface area contributed by atoms with Gasteiger partial charge < -0.3 is 5.32 Å². The normalized spacial score (nSPS) is 36.9. The van der Waals surface area contributed by atoms with Crippen molar-refractivity contribution in [3.05, 3.63) is 0 Å². The lowest BCUT2D eigenvalue weighted by atomic mass is 9.88. The lowest BCUT2D eigenvalue weighted by molar-refractivity contribution is 0.0285. The third-order valence-electron chi connectivity index (χ3n) is 5.72. The summed E-state index contributed by atoms with van der Waals surface area (Å²) in [5.74, 6) is 2.82. The van der Waals surface area contributed by atoms with Crippen molar-refractivity contribution < 1.29 is 0 Å².